The van der Waals surface area contributed by atoms with E-state index < -0.39 is 5.91 Å². The second kappa shape index (κ2) is 8.13. The first-order valence-electron chi connectivity index (χ1n) is 7.67. The molecule has 0 N–H and O–H groups in total. The zero-order valence-electron chi connectivity index (χ0n) is 13.3. The summed E-state index contributed by atoms with van der Waals surface area (Å²) in [4.78, 5) is 25.8. The Kier molecular flexibility index (Phi) is 6.19. The number of carbonyl (C=O) groups excluding carboxylic acids is 2. The van der Waals surface area contributed by atoms with Crippen molar-refractivity contribution in [3.63, 3.8) is 0 Å². The summed E-state index contributed by atoms with van der Waals surface area (Å²) in [7, 11) is 0. The summed E-state index contributed by atoms with van der Waals surface area (Å²) in [6.45, 7) is 5.77. The lowest BCUT2D eigenvalue weighted by Gasteiger charge is -2.14. The molecule has 23 heavy (non-hydrogen) atoms. The van der Waals surface area contributed by atoms with Gasteiger partial charge in [-0.05, 0) is 38.0 Å². The molecule has 1 aromatic carbocycles. The van der Waals surface area contributed by atoms with Gasteiger partial charge in [0.15, 0.2) is 0 Å². The lowest BCUT2D eigenvalue weighted by Crippen LogP contribution is -2.32. The molecule has 2 amide bonds. The number of benzene rings is 1. The smallest absolute Gasteiger partial charge is 0.273 e. The van der Waals surface area contributed by atoms with Crippen LogP contribution in [0.1, 0.15) is 25.8 Å². The molecule has 124 valence electrons. The molecule has 0 bridgehead atoms. The van der Waals surface area contributed by atoms with Crippen molar-refractivity contribution in [2.75, 3.05) is 26.4 Å². The summed E-state index contributed by atoms with van der Waals surface area (Å²) in [5.41, 5.74) is 0.861. The van der Waals surface area contributed by atoms with Gasteiger partial charge in [0.1, 0.15) is 10.8 Å². The third-order valence-corrected chi connectivity index (χ3v) is 3.79. The molecule has 0 saturated heterocycles. The van der Waals surface area contributed by atoms with Gasteiger partial charge in [-0.25, -0.2) is 0 Å². The van der Waals surface area contributed by atoms with Crippen LogP contribution in [0.2, 0.25) is 0 Å². The largest absolute Gasteiger partial charge is 0.494 e. The lowest BCUT2D eigenvalue weighted by atomic mass is 10.1. The number of halogens is 1. The van der Waals surface area contributed by atoms with E-state index in [9.17, 15) is 9.59 Å². The fourth-order valence-corrected chi connectivity index (χ4v) is 2.65. The van der Waals surface area contributed by atoms with Crippen LogP contribution in [0.5, 0.6) is 5.75 Å². The fraction of sp³-hybridized carbons (Fsp3) is 0.412. The van der Waals surface area contributed by atoms with E-state index in [0.29, 0.717) is 44.1 Å². The quantitative estimate of drug-likeness (QED) is 0.540. The number of carbonyl (C=O) groups is 2. The Morgan fingerprint density at radius 1 is 1.04 bits per heavy atom. The van der Waals surface area contributed by atoms with Crippen molar-refractivity contribution in [1.82, 2.24) is 4.90 Å². The van der Waals surface area contributed by atoms with Crippen molar-refractivity contribution in [2.24, 2.45) is 0 Å². The fourth-order valence-electron chi connectivity index (χ4n) is 2.35. The Morgan fingerprint density at radius 3 is 2.35 bits per heavy atom. The first kappa shape index (κ1) is 17.5. The number of amides is 2. The van der Waals surface area contributed by atoms with Gasteiger partial charge < -0.3 is 9.47 Å². The molecule has 1 heterocycles. The van der Waals surface area contributed by atoms with E-state index in [2.05, 4.69) is 0 Å². The van der Waals surface area contributed by atoms with E-state index in [1.807, 2.05) is 13.8 Å². The summed E-state index contributed by atoms with van der Waals surface area (Å²) in [6, 6.07) is 6.98. The number of imide groups is 1. The molecule has 0 aromatic heterocycles. The van der Waals surface area contributed by atoms with Crippen molar-refractivity contribution in [2.45, 2.75) is 20.3 Å². The Balaban J connectivity index is 2.12. The third kappa shape index (κ3) is 3.92. The second-order valence-corrected chi connectivity index (χ2v) is 5.34. The van der Waals surface area contributed by atoms with Crippen LogP contribution in [0.15, 0.2) is 29.3 Å². The van der Waals surface area contributed by atoms with Crippen LogP contribution in [0.3, 0.4) is 0 Å². The second-order valence-electron chi connectivity index (χ2n) is 4.96. The summed E-state index contributed by atoms with van der Waals surface area (Å²) < 4.78 is 10.6. The van der Waals surface area contributed by atoms with Crippen molar-refractivity contribution < 1.29 is 19.1 Å². The van der Waals surface area contributed by atoms with Gasteiger partial charge in [0.25, 0.3) is 11.8 Å². The van der Waals surface area contributed by atoms with Crippen molar-refractivity contribution >= 4 is 29.0 Å². The highest BCUT2D eigenvalue weighted by Crippen LogP contribution is 2.32. The van der Waals surface area contributed by atoms with Crippen LogP contribution in [0, 0.1) is 0 Å². The van der Waals surface area contributed by atoms with E-state index >= 15 is 0 Å². The van der Waals surface area contributed by atoms with Crippen molar-refractivity contribution in [3.05, 3.63) is 34.9 Å². The predicted molar refractivity (Wildman–Crippen MR) is 88.2 cm³/mol. The Bertz CT molecular complexity index is 610. The zero-order chi connectivity index (χ0) is 16.8. The molecule has 0 aliphatic carbocycles. The number of hydrogen-bond acceptors (Lipinski definition) is 4. The number of nitrogens with zero attached hydrogens (tertiary/aromatic N) is 1. The van der Waals surface area contributed by atoms with E-state index in [1.54, 1.807) is 24.3 Å². The Morgan fingerprint density at radius 2 is 1.74 bits per heavy atom. The molecule has 1 aliphatic heterocycles. The van der Waals surface area contributed by atoms with Gasteiger partial charge in [0, 0.05) is 19.8 Å². The SMILES string of the molecule is CCOCCCN1C(=O)C(Cl)=C(c2ccc(OCC)cc2)C1=O. The van der Waals surface area contributed by atoms with Gasteiger partial charge in [-0.3, -0.25) is 14.5 Å². The monoisotopic (exact) mass is 337 g/mol. The topological polar surface area (TPSA) is 55.8 Å². The maximum Gasteiger partial charge on any atom is 0.273 e. The average Bonchev–Trinajstić information content (AvgIpc) is 2.76. The summed E-state index contributed by atoms with van der Waals surface area (Å²) in [6.07, 6.45) is 0.589. The van der Waals surface area contributed by atoms with Gasteiger partial charge in [0.2, 0.25) is 0 Å². The zero-order valence-corrected chi connectivity index (χ0v) is 14.1. The first-order valence-corrected chi connectivity index (χ1v) is 8.04. The van der Waals surface area contributed by atoms with E-state index in [-0.39, 0.29) is 16.5 Å². The molecular formula is C17H20ClNO4. The summed E-state index contributed by atoms with van der Waals surface area (Å²) >= 11 is 6.10. The van der Waals surface area contributed by atoms with E-state index in [0.717, 1.165) is 0 Å². The minimum atomic E-state index is -0.447. The van der Waals surface area contributed by atoms with Gasteiger partial charge in [-0.2, -0.15) is 0 Å². The van der Waals surface area contributed by atoms with Crippen LogP contribution in [-0.4, -0.2) is 43.1 Å². The normalized spacial score (nSPS) is 14.8. The first-order chi connectivity index (χ1) is 11.1. The average molecular weight is 338 g/mol. The highest BCUT2D eigenvalue weighted by Gasteiger charge is 2.37. The highest BCUT2D eigenvalue weighted by atomic mass is 35.5. The van der Waals surface area contributed by atoms with Crippen LogP contribution in [0.4, 0.5) is 0 Å². The van der Waals surface area contributed by atoms with Crippen LogP contribution in [-0.2, 0) is 14.3 Å². The van der Waals surface area contributed by atoms with E-state index in [4.69, 9.17) is 21.1 Å². The lowest BCUT2D eigenvalue weighted by molar-refractivity contribution is -0.136. The maximum absolute atomic E-state index is 12.5. The minimum Gasteiger partial charge on any atom is -0.494 e. The number of ether oxygens (including phenoxy) is 2. The van der Waals surface area contributed by atoms with E-state index in [1.165, 1.54) is 4.90 Å². The third-order valence-electron chi connectivity index (χ3n) is 3.44. The standard InChI is InChI=1S/C17H20ClNO4/c1-3-22-11-5-10-19-16(20)14(15(18)17(19)21)12-6-8-13(9-7-12)23-4-2/h6-9H,3-5,10-11H2,1-2H3. The number of rotatable bonds is 8. The van der Waals surface area contributed by atoms with Crippen molar-refractivity contribution in [1.29, 1.82) is 0 Å². The van der Waals surface area contributed by atoms with Gasteiger partial charge in [0.05, 0.1) is 12.2 Å². The molecule has 5 nitrogen and oxygen atoms in total. The molecule has 0 spiro atoms. The van der Waals surface area contributed by atoms with Gasteiger partial charge >= 0.3 is 0 Å². The Labute approximate surface area is 140 Å². The molecule has 2 rings (SSSR count). The molecule has 0 atom stereocenters. The number of hydrogen-bond donors (Lipinski definition) is 0. The molecule has 1 aliphatic rings. The summed E-state index contributed by atoms with van der Waals surface area (Å²) in [5, 5.41) is -0.0319. The van der Waals surface area contributed by atoms with Gasteiger partial charge in [-0.15, -0.1) is 0 Å². The van der Waals surface area contributed by atoms with Crippen LogP contribution < -0.4 is 4.74 Å². The molecule has 0 unspecified atom stereocenters. The maximum atomic E-state index is 12.5. The molecular weight excluding hydrogens is 318 g/mol. The Hall–Kier alpha value is -1.85. The van der Waals surface area contributed by atoms with Crippen molar-refractivity contribution in [3.8, 4) is 5.75 Å². The minimum absolute atomic E-state index is 0.0319. The molecule has 6 heteroatoms. The van der Waals surface area contributed by atoms with Crippen LogP contribution in [0.25, 0.3) is 5.57 Å². The van der Waals surface area contributed by atoms with Crippen LogP contribution >= 0.6 is 11.6 Å². The predicted octanol–water partition coefficient (Wildman–Crippen LogP) is 2.83. The highest BCUT2D eigenvalue weighted by molar-refractivity contribution is 6.55. The summed E-state index contributed by atoms with van der Waals surface area (Å²) in [5.74, 6) is -0.101. The molecule has 0 fully saturated rings. The van der Waals surface area contributed by atoms with Gasteiger partial charge in [-0.1, -0.05) is 23.7 Å². The molecule has 0 radical (unpaired) electrons. The molecule has 1 aromatic rings. The molecule has 0 saturated carbocycles.